The van der Waals surface area contributed by atoms with Crippen molar-refractivity contribution in [2.24, 2.45) is 0 Å². The number of anilines is 1. The number of rotatable bonds is 2. The van der Waals surface area contributed by atoms with Crippen LogP contribution in [0.3, 0.4) is 0 Å². The largest absolute Gasteiger partial charge is 0.418 e. The second-order valence-corrected chi connectivity index (χ2v) is 8.10. The molecule has 3 heterocycles. The number of hydrogen-bond donors (Lipinski definition) is 1. The van der Waals surface area contributed by atoms with Crippen molar-refractivity contribution in [1.82, 2.24) is 14.7 Å². The van der Waals surface area contributed by atoms with Crippen molar-refractivity contribution < 1.29 is 13.2 Å². The Bertz CT molecular complexity index is 862. The molecule has 4 rings (SSSR count). The molecule has 1 atom stereocenters. The number of aromatic nitrogens is 2. The first-order valence-corrected chi connectivity index (χ1v) is 10.2. The van der Waals surface area contributed by atoms with Crippen molar-refractivity contribution in [2.45, 2.75) is 50.7 Å². The topological polar surface area (TPSA) is 33.1 Å². The van der Waals surface area contributed by atoms with E-state index in [4.69, 9.17) is 16.7 Å². The van der Waals surface area contributed by atoms with E-state index >= 15 is 0 Å². The number of benzene rings is 1. The third-order valence-electron chi connectivity index (χ3n) is 5.74. The van der Waals surface area contributed by atoms with E-state index in [9.17, 15) is 13.2 Å². The van der Waals surface area contributed by atoms with Gasteiger partial charge in [-0.1, -0.05) is 18.0 Å². The summed E-state index contributed by atoms with van der Waals surface area (Å²) in [4.78, 5) is 2.27. The molecule has 0 saturated carbocycles. The van der Waals surface area contributed by atoms with Gasteiger partial charge in [0.2, 0.25) is 0 Å². The number of nitrogens with zero attached hydrogens (tertiary/aromatic N) is 3. The van der Waals surface area contributed by atoms with Gasteiger partial charge in [-0.25, -0.2) is 4.68 Å². The summed E-state index contributed by atoms with van der Waals surface area (Å²) in [5, 5.41) is 8.16. The zero-order chi connectivity index (χ0) is 19.9. The van der Waals surface area contributed by atoms with E-state index in [2.05, 4.69) is 17.3 Å². The Kier molecular flexibility index (Phi) is 5.31. The summed E-state index contributed by atoms with van der Waals surface area (Å²) in [7, 11) is 2.07. The first kappa shape index (κ1) is 19.6. The van der Waals surface area contributed by atoms with Crippen LogP contribution in [0.15, 0.2) is 18.2 Å². The predicted octanol–water partition coefficient (Wildman–Crippen LogP) is 5.45. The molecule has 2 aromatic rings. The highest BCUT2D eigenvalue weighted by molar-refractivity contribution is 6.30. The molecular weight excluding hydrogens is 389 g/mol. The van der Waals surface area contributed by atoms with Gasteiger partial charge >= 0.3 is 6.18 Å². The highest BCUT2D eigenvalue weighted by Crippen LogP contribution is 2.40. The second kappa shape index (κ2) is 7.59. The first-order valence-electron chi connectivity index (χ1n) is 9.79. The van der Waals surface area contributed by atoms with Crippen LogP contribution in [0.4, 0.5) is 19.0 Å². The fraction of sp³-hybridized carbons (Fsp3) is 0.550. The molecule has 8 heteroatoms. The summed E-state index contributed by atoms with van der Waals surface area (Å²) in [6.45, 7) is 1.71. The quantitative estimate of drug-likeness (QED) is 0.712. The maximum Gasteiger partial charge on any atom is 0.418 e. The van der Waals surface area contributed by atoms with Crippen LogP contribution in [-0.4, -0.2) is 34.8 Å². The van der Waals surface area contributed by atoms with E-state index in [0.717, 1.165) is 68.9 Å². The van der Waals surface area contributed by atoms with E-state index in [-0.39, 0.29) is 16.8 Å². The molecule has 4 nitrogen and oxygen atoms in total. The lowest BCUT2D eigenvalue weighted by molar-refractivity contribution is -0.137. The number of hydrogen-bond acceptors (Lipinski definition) is 3. The lowest BCUT2D eigenvalue weighted by Gasteiger charge is -2.31. The first-order chi connectivity index (χ1) is 13.4. The van der Waals surface area contributed by atoms with Crippen LogP contribution in [0.5, 0.6) is 0 Å². The summed E-state index contributed by atoms with van der Waals surface area (Å²) in [5.41, 5.74) is 1.22. The fourth-order valence-electron chi connectivity index (χ4n) is 4.31. The van der Waals surface area contributed by atoms with Gasteiger partial charge in [0, 0.05) is 17.1 Å². The van der Waals surface area contributed by atoms with Crippen LogP contribution in [0, 0.1) is 0 Å². The molecular formula is C20H24ClF3N4. The minimum atomic E-state index is -4.51. The lowest BCUT2D eigenvalue weighted by atomic mass is 9.96. The number of alkyl halides is 3. The molecule has 1 N–H and O–H groups in total. The summed E-state index contributed by atoms with van der Waals surface area (Å²) in [5.74, 6) is 0.694. The number of halogens is 4. The van der Waals surface area contributed by atoms with E-state index in [0.29, 0.717) is 5.82 Å². The predicted molar refractivity (Wildman–Crippen MR) is 104 cm³/mol. The van der Waals surface area contributed by atoms with Crippen molar-refractivity contribution in [3.05, 3.63) is 40.0 Å². The van der Waals surface area contributed by atoms with E-state index in [1.807, 2.05) is 0 Å². The Labute approximate surface area is 167 Å². The minimum Gasteiger partial charge on any atom is -0.370 e. The molecule has 0 bridgehead atoms. The molecule has 1 aromatic heterocycles. The molecule has 1 saturated heterocycles. The number of fused-ring (bicyclic) bond motifs is 1. The smallest absolute Gasteiger partial charge is 0.370 e. The number of nitrogens with one attached hydrogen (secondary N) is 1. The average Bonchev–Trinajstić information content (AvgIpc) is 2.83. The standard InChI is InChI=1S/C20H24ClF3N4/c1-27-11-5-3-7-17(27)18-14-6-2-4-10-25-19(14)28(26-18)16-9-8-13(21)12-15(16)20(22,23)24/h8-9,12,17,25H,2-7,10-11H2,1H3. The highest BCUT2D eigenvalue weighted by atomic mass is 35.5. The van der Waals surface area contributed by atoms with Gasteiger partial charge < -0.3 is 5.32 Å². The van der Waals surface area contributed by atoms with E-state index in [1.165, 1.54) is 16.8 Å². The monoisotopic (exact) mass is 412 g/mol. The Balaban J connectivity index is 1.89. The maximum atomic E-state index is 13.7. The third-order valence-corrected chi connectivity index (χ3v) is 5.97. The molecule has 0 amide bonds. The average molecular weight is 413 g/mol. The number of piperidine rings is 1. The van der Waals surface area contributed by atoms with Crippen molar-refractivity contribution in [3.63, 3.8) is 0 Å². The molecule has 0 aliphatic carbocycles. The molecule has 152 valence electrons. The van der Waals surface area contributed by atoms with Gasteiger partial charge in [-0.3, -0.25) is 4.90 Å². The normalized spacial score (nSPS) is 21.1. The molecule has 1 fully saturated rings. The van der Waals surface area contributed by atoms with Crippen LogP contribution in [0.1, 0.15) is 55.0 Å². The summed E-state index contributed by atoms with van der Waals surface area (Å²) >= 11 is 5.87. The Hall–Kier alpha value is -1.73. The van der Waals surface area contributed by atoms with Crippen molar-refractivity contribution >= 4 is 17.4 Å². The summed E-state index contributed by atoms with van der Waals surface area (Å²) in [6.07, 6.45) is 1.54. The van der Waals surface area contributed by atoms with Gasteiger partial charge in [-0.15, -0.1) is 0 Å². The highest BCUT2D eigenvalue weighted by Gasteiger charge is 2.37. The van der Waals surface area contributed by atoms with Gasteiger partial charge in [0.25, 0.3) is 0 Å². The molecule has 2 aliphatic rings. The second-order valence-electron chi connectivity index (χ2n) is 7.66. The van der Waals surface area contributed by atoms with Gasteiger partial charge in [-0.05, 0) is 63.9 Å². The summed E-state index contributed by atoms with van der Waals surface area (Å²) < 4.78 is 42.6. The molecule has 1 aromatic carbocycles. The van der Waals surface area contributed by atoms with Crippen LogP contribution >= 0.6 is 11.6 Å². The fourth-order valence-corrected chi connectivity index (χ4v) is 4.48. The molecule has 2 aliphatic heterocycles. The minimum absolute atomic E-state index is 0.0206. The van der Waals surface area contributed by atoms with Crippen molar-refractivity contribution in [3.8, 4) is 5.69 Å². The maximum absolute atomic E-state index is 13.7. The van der Waals surface area contributed by atoms with E-state index < -0.39 is 11.7 Å². The molecule has 28 heavy (non-hydrogen) atoms. The lowest BCUT2D eigenvalue weighted by Crippen LogP contribution is -2.30. The Morgan fingerprint density at radius 2 is 2.00 bits per heavy atom. The molecule has 0 spiro atoms. The van der Waals surface area contributed by atoms with Crippen LogP contribution in [0.25, 0.3) is 5.69 Å². The van der Waals surface area contributed by atoms with Crippen molar-refractivity contribution in [2.75, 3.05) is 25.5 Å². The van der Waals surface area contributed by atoms with Gasteiger partial charge in [-0.2, -0.15) is 18.3 Å². The third kappa shape index (κ3) is 3.62. The van der Waals surface area contributed by atoms with Crippen LogP contribution < -0.4 is 5.32 Å². The Morgan fingerprint density at radius 3 is 2.75 bits per heavy atom. The zero-order valence-corrected chi connectivity index (χ0v) is 16.6. The number of likely N-dealkylation sites (tertiary alicyclic amines) is 1. The summed E-state index contributed by atoms with van der Waals surface area (Å²) in [6, 6.07) is 4.03. The van der Waals surface area contributed by atoms with Gasteiger partial charge in [0.1, 0.15) is 5.82 Å². The van der Waals surface area contributed by atoms with Crippen molar-refractivity contribution in [1.29, 1.82) is 0 Å². The van der Waals surface area contributed by atoms with E-state index in [1.54, 1.807) is 0 Å². The van der Waals surface area contributed by atoms with Gasteiger partial charge in [0.15, 0.2) is 0 Å². The SMILES string of the molecule is CN1CCCCC1c1nn(-c2ccc(Cl)cc2C(F)(F)F)c2c1CCCCN2. The molecule has 1 unspecified atom stereocenters. The Morgan fingerprint density at radius 1 is 1.18 bits per heavy atom. The zero-order valence-electron chi connectivity index (χ0n) is 15.8. The van der Waals surface area contributed by atoms with Crippen LogP contribution in [0.2, 0.25) is 5.02 Å². The van der Waals surface area contributed by atoms with Crippen LogP contribution in [-0.2, 0) is 12.6 Å². The molecule has 0 radical (unpaired) electrons. The van der Waals surface area contributed by atoms with Gasteiger partial charge in [0.05, 0.1) is 23.0 Å².